The number of phosphoric acid groups is 1. The summed E-state index contributed by atoms with van der Waals surface area (Å²) in [6.45, 7) is 4.87. The van der Waals surface area contributed by atoms with Crippen LogP contribution in [0.5, 0.6) is 0 Å². The Kier molecular flexibility index (Phi) is 30.2. The number of nitrogens with zero attached hydrogens (tertiary/aromatic N) is 1. The maximum absolute atomic E-state index is 12.8. The van der Waals surface area contributed by atoms with E-state index in [-0.39, 0.29) is 19.1 Å². The predicted molar refractivity (Wildman–Crippen MR) is 194 cm³/mol. The number of carbonyl (C=O) groups excluding carboxylic acids is 1. The highest BCUT2D eigenvalue weighted by Gasteiger charge is 2.28. The summed E-state index contributed by atoms with van der Waals surface area (Å²) in [5, 5.41) is 13.9. The fourth-order valence-electron chi connectivity index (χ4n) is 5.69. The average molecular weight is 678 g/mol. The van der Waals surface area contributed by atoms with E-state index in [4.69, 9.17) is 9.05 Å². The number of hydrogen-bond donors (Lipinski definition) is 3. The summed E-state index contributed by atoms with van der Waals surface area (Å²) in [6.07, 6.45) is 29.7. The molecule has 8 nitrogen and oxygen atoms in total. The number of amides is 1. The number of rotatable bonds is 35. The summed E-state index contributed by atoms with van der Waals surface area (Å²) >= 11 is 0. The van der Waals surface area contributed by atoms with Gasteiger partial charge in [-0.15, -0.1) is 0 Å². The van der Waals surface area contributed by atoms with Crippen molar-refractivity contribution < 1.29 is 32.9 Å². The second-order valence-corrected chi connectivity index (χ2v) is 16.1. The van der Waals surface area contributed by atoms with Crippen LogP contribution >= 0.6 is 7.82 Å². The highest BCUT2D eigenvalue weighted by atomic mass is 31.2. The van der Waals surface area contributed by atoms with Gasteiger partial charge in [0.1, 0.15) is 13.2 Å². The maximum Gasteiger partial charge on any atom is 0.472 e. The predicted octanol–water partition coefficient (Wildman–Crippen LogP) is 9.85. The normalized spacial score (nSPS) is 14.7. The summed E-state index contributed by atoms with van der Waals surface area (Å²) in [6, 6.07) is -0.750. The number of carbonyl (C=O) groups is 1. The first-order valence-corrected chi connectivity index (χ1v) is 20.9. The van der Waals surface area contributed by atoms with Crippen molar-refractivity contribution in [2.45, 2.75) is 193 Å². The molecule has 0 aliphatic heterocycles. The largest absolute Gasteiger partial charge is 0.472 e. The Balaban J connectivity index is 4.45. The van der Waals surface area contributed by atoms with Gasteiger partial charge in [0.25, 0.3) is 0 Å². The van der Waals surface area contributed by atoms with Crippen molar-refractivity contribution in [3.63, 3.8) is 0 Å². The zero-order valence-corrected chi connectivity index (χ0v) is 32.0. The van der Waals surface area contributed by atoms with Gasteiger partial charge < -0.3 is 19.8 Å². The molecule has 0 saturated carbocycles. The van der Waals surface area contributed by atoms with Gasteiger partial charge in [-0.05, 0) is 12.8 Å². The lowest BCUT2D eigenvalue weighted by Gasteiger charge is -2.26. The number of phosphoric ester groups is 1. The molecule has 46 heavy (non-hydrogen) atoms. The fourth-order valence-corrected chi connectivity index (χ4v) is 6.43. The van der Waals surface area contributed by atoms with Crippen LogP contribution in [0.4, 0.5) is 0 Å². The molecule has 0 aliphatic rings. The topological polar surface area (TPSA) is 105 Å². The maximum atomic E-state index is 12.8. The number of aliphatic hydroxyl groups excluding tert-OH is 1. The van der Waals surface area contributed by atoms with Gasteiger partial charge in [0.05, 0.1) is 39.9 Å². The molecule has 0 aliphatic carbocycles. The molecule has 1 amide bonds. The van der Waals surface area contributed by atoms with Crippen LogP contribution in [0.3, 0.4) is 0 Å². The fraction of sp³-hybridized carbons (Fsp3) is 0.973. The van der Waals surface area contributed by atoms with Gasteiger partial charge in [0.15, 0.2) is 0 Å². The molecule has 3 N–H and O–H groups in total. The van der Waals surface area contributed by atoms with Gasteiger partial charge in [0.2, 0.25) is 5.91 Å². The highest BCUT2D eigenvalue weighted by molar-refractivity contribution is 7.47. The molecule has 276 valence electrons. The SMILES string of the molecule is CCCCCCCCCCCCCCC(=O)NC(COP(=O)(O)OCC[N+](C)(C)C)C(O)CCCCCCCCCCCCCC. The number of aliphatic hydroxyl groups is 1. The van der Waals surface area contributed by atoms with E-state index in [1.54, 1.807) is 0 Å². The van der Waals surface area contributed by atoms with Crippen LogP contribution in [0.15, 0.2) is 0 Å². The zero-order chi connectivity index (χ0) is 34.4. The van der Waals surface area contributed by atoms with Gasteiger partial charge in [-0.2, -0.15) is 0 Å². The molecule has 3 atom stereocenters. The van der Waals surface area contributed by atoms with Gasteiger partial charge >= 0.3 is 7.82 Å². The van der Waals surface area contributed by atoms with Gasteiger partial charge in [-0.3, -0.25) is 13.8 Å². The lowest BCUT2D eigenvalue weighted by atomic mass is 10.0. The van der Waals surface area contributed by atoms with Gasteiger partial charge in [-0.1, -0.05) is 162 Å². The van der Waals surface area contributed by atoms with E-state index in [1.165, 1.54) is 116 Å². The third-order valence-corrected chi connectivity index (χ3v) is 9.84. The number of quaternary nitrogens is 1. The Morgan fingerprint density at radius 3 is 1.46 bits per heavy atom. The average Bonchev–Trinajstić information content (AvgIpc) is 2.99. The molecule has 0 saturated heterocycles. The second-order valence-electron chi connectivity index (χ2n) is 14.7. The number of unbranched alkanes of at least 4 members (excludes halogenated alkanes) is 22. The Morgan fingerprint density at radius 2 is 1.04 bits per heavy atom. The first kappa shape index (κ1) is 45.5. The lowest BCUT2D eigenvalue weighted by molar-refractivity contribution is -0.870. The molecule has 0 aromatic carbocycles. The lowest BCUT2D eigenvalue weighted by Crippen LogP contribution is -2.46. The van der Waals surface area contributed by atoms with Crippen LogP contribution in [-0.2, 0) is 18.4 Å². The van der Waals surface area contributed by atoms with Crippen LogP contribution in [-0.4, -0.2) is 73.4 Å². The van der Waals surface area contributed by atoms with Crippen molar-refractivity contribution in [3.05, 3.63) is 0 Å². The van der Waals surface area contributed by atoms with Crippen LogP contribution in [0.25, 0.3) is 0 Å². The third kappa shape index (κ3) is 32.1. The zero-order valence-electron chi connectivity index (χ0n) is 31.1. The molecule has 3 unspecified atom stereocenters. The minimum Gasteiger partial charge on any atom is -0.391 e. The van der Waals surface area contributed by atoms with E-state index in [9.17, 15) is 19.4 Å². The Hall–Kier alpha value is -0.500. The van der Waals surface area contributed by atoms with Crippen molar-refractivity contribution in [2.75, 3.05) is 40.9 Å². The summed E-state index contributed by atoms with van der Waals surface area (Å²) in [5.41, 5.74) is 0. The van der Waals surface area contributed by atoms with E-state index in [0.29, 0.717) is 23.9 Å². The standard InChI is InChI=1S/C37H77N2O6P/c1-6-8-10-12-14-16-18-20-22-24-26-28-30-36(40)35(34-45-46(42,43)44-33-32-39(3,4)5)38-37(41)31-29-27-25-23-21-19-17-15-13-11-9-7-2/h35-36,40H,6-34H2,1-5H3,(H-,38,41,42,43)/p+1. The molecule has 0 fully saturated rings. The first-order chi connectivity index (χ1) is 22.0. The first-order valence-electron chi connectivity index (χ1n) is 19.4. The van der Waals surface area contributed by atoms with Crippen molar-refractivity contribution in [3.8, 4) is 0 Å². The minimum absolute atomic E-state index is 0.0780. The monoisotopic (exact) mass is 678 g/mol. The van der Waals surface area contributed by atoms with Crippen LogP contribution in [0.1, 0.15) is 181 Å². The van der Waals surface area contributed by atoms with Crippen molar-refractivity contribution >= 4 is 13.7 Å². The van der Waals surface area contributed by atoms with Crippen LogP contribution in [0.2, 0.25) is 0 Å². The highest BCUT2D eigenvalue weighted by Crippen LogP contribution is 2.43. The Morgan fingerprint density at radius 1 is 0.652 bits per heavy atom. The third-order valence-electron chi connectivity index (χ3n) is 8.86. The molecule has 0 radical (unpaired) electrons. The Labute approximate surface area is 285 Å². The summed E-state index contributed by atoms with van der Waals surface area (Å²) < 4.78 is 23.5. The summed E-state index contributed by atoms with van der Waals surface area (Å²) in [7, 11) is 1.62. The molecular formula is C37H78N2O6P+. The van der Waals surface area contributed by atoms with E-state index < -0.39 is 20.0 Å². The summed E-state index contributed by atoms with van der Waals surface area (Å²) in [4.78, 5) is 23.0. The van der Waals surface area contributed by atoms with Gasteiger partial charge in [-0.25, -0.2) is 4.57 Å². The smallest absolute Gasteiger partial charge is 0.391 e. The molecule has 0 heterocycles. The molecule has 0 aromatic rings. The molecule has 0 aromatic heterocycles. The molecule has 9 heteroatoms. The molecular weight excluding hydrogens is 599 g/mol. The number of likely N-dealkylation sites (N-methyl/N-ethyl adjacent to an activating group) is 1. The van der Waals surface area contributed by atoms with Crippen molar-refractivity contribution in [1.29, 1.82) is 0 Å². The van der Waals surface area contributed by atoms with E-state index in [0.717, 1.165) is 38.5 Å². The minimum atomic E-state index is -4.30. The Bertz CT molecular complexity index is 733. The molecule has 0 bridgehead atoms. The molecule has 0 spiro atoms. The number of nitrogens with one attached hydrogen (secondary N) is 1. The van der Waals surface area contributed by atoms with E-state index >= 15 is 0 Å². The van der Waals surface area contributed by atoms with Crippen molar-refractivity contribution in [2.24, 2.45) is 0 Å². The summed E-state index contributed by atoms with van der Waals surface area (Å²) in [5.74, 6) is -0.145. The van der Waals surface area contributed by atoms with Crippen molar-refractivity contribution in [1.82, 2.24) is 5.32 Å². The molecule has 0 rings (SSSR count). The quantitative estimate of drug-likeness (QED) is 0.0350. The van der Waals surface area contributed by atoms with E-state index in [1.807, 2.05) is 21.1 Å². The number of hydrogen-bond acceptors (Lipinski definition) is 5. The van der Waals surface area contributed by atoms with Crippen LogP contribution < -0.4 is 5.32 Å². The second kappa shape index (κ2) is 30.6. The van der Waals surface area contributed by atoms with Gasteiger partial charge in [0, 0.05) is 6.42 Å². The van der Waals surface area contributed by atoms with Crippen LogP contribution in [0, 0.1) is 0 Å². The van der Waals surface area contributed by atoms with E-state index in [2.05, 4.69) is 19.2 Å².